The molecule has 0 amide bonds. The highest BCUT2D eigenvalue weighted by molar-refractivity contribution is 7.91. The maximum Gasteiger partial charge on any atom is 0.322 e. The number of aliphatic carboxylic acids is 1. The fraction of sp³-hybridized carbons (Fsp3) is 0.125. The molecular weight excluding hydrogens is 444 g/mol. The van der Waals surface area contributed by atoms with Crippen molar-refractivity contribution in [1.82, 2.24) is 9.71 Å². The summed E-state index contributed by atoms with van der Waals surface area (Å²) in [5.41, 5.74) is 1.16. The minimum Gasteiger partial charge on any atom is -0.480 e. The zero-order valence-electron chi connectivity index (χ0n) is 22.4. The molecule has 2 aromatic heterocycles. The Labute approximate surface area is 198 Å². The highest BCUT2D eigenvalue weighted by Gasteiger charge is 2.27. The van der Waals surface area contributed by atoms with Gasteiger partial charge in [0.25, 0.3) is 10.0 Å². The van der Waals surface area contributed by atoms with Crippen molar-refractivity contribution in [2.75, 3.05) is 0 Å². The maximum atomic E-state index is 13.0. The van der Waals surface area contributed by atoms with Gasteiger partial charge in [-0.1, -0.05) is 47.7 Å². The Morgan fingerprint density at radius 3 is 2.81 bits per heavy atom. The molecule has 0 bridgehead atoms. The summed E-state index contributed by atoms with van der Waals surface area (Å²) in [5.74, 6) is 4.20. The third-order valence-corrected chi connectivity index (χ3v) is 7.49. The molecule has 32 heavy (non-hydrogen) atoms. The summed E-state index contributed by atoms with van der Waals surface area (Å²) in [5, 5.41) is 10.0. The fourth-order valence-corrected chi connectivity index (χ4v) is 5.31. The van der Waals surface area contributed by atoms with Crippen molar-refractivity contribution < 1.29 is 26.5 Å². The number of sulfonamides is 1. The summed E-state index contributed by atoms with van der Waals surface area (Å²) >= 11 is 0.838. The van der Waals surface area contributed by atoms with Crippen LogP contribution in [0.15, 0.2) is 71.0 Å². The molecule has 0 unspecified atom stereocenters. The first-order valence-electron chi connectivity index (χ1n) is 12.3. The van der Waals surface area contributed by atoms with Crippen molar-refractivity contribution in [3.05, 3.63) is 88.4 Å². The molecule has 4 aromatic rings. The van der Waals surface area contributed by atoms with E-state index in [0.717, 1.165) is 11.3 Å². The number of H-pyrrole nitrogens is 1. The third-order valence-electron chi connectivity index (χ3n) is 4.53. The number of rotatable bonds is 6. The summed E-state index contributed by atoms with van der Waals surface area (Å²) in [7, 11) is -4.26. The second kappa shape index (κ2) is 9.01. The summed E-state index contributed by atoms with van der Waals surface area (Å²) in [6.07, 6.45) is -0.536. The summed E-state index contributed by atoms with van der Waals surface area (Å²) in [4.78, 5) is 15.0. The second-order valence-electron chi connectivity index (χ2n) is 6.78. The number of benzene rings is 2. The number of carboxylic acids is 1. The first-order valence-corrected chi connectivity index (χ1v) is 11.6. The van der Waals surface area contributed by atoms with Gasteiger partial charge in [0.1, 0.15) is 10.3 Å². The number of hydrogen-bond donors (Lipinski definition) is 3. The predicted octanol–water partition coefficient (Wildman–Crippen LogP) is 3.91. The number of nitrogens with one attached hydrogen (secondary N) is 2. The molecule has 0 fully saturated rings. The van der Waals surface area contributed by atoms with E-state index in [2.05, 4.69) is 21.5 Å². The van der Waals surface area contributed by atoms with Crippen LogP contribution in [0.5, 0.6) is 0 Å². The summed E-state index contributed by atoms with van der Waals surface area (Å²) < 4.78 is 74.1. The van der Waals surface area contributed by atoms with E-state index in [1.165, 1.54) is 36.4 Å². The van der Waals surface area contributed by atoms with Crippen LogP contribution in [0.3, 0.4) is 0 Å². The Balaban J connectivity index is 1.54. The molecule has 2 aromatic carbocycles. The highest BCUT2D eigenvalue weighted by Crippen LogP contribution is 2.23. The number of aromatic amines is 1. The average molecular weight is 471 g/mol. The number of aromatic nitrogens is 1. The maximum absolute atomic E-state index is 13.0. The molecule has 0 aliphatic carbocycles. The molecule has 0 radical (unpaired) electrons. The molecule has 2 heterocycles. The van der Waals surface area contributed by atoms with Gasteiger partial charge in [-0.2, -0.15) is 4.72 Å². The second-order valence-corrected chi connectivity index (χ2v) is 9.80. The van der Waals surface area contributed by atoms with Gasteiger partial charge in [0, 0.05) is 33.2 Å². The number of aryl methyl sites for hydroxylation is 1. The van der Waals surface area contributed by atoms with Gasteiger partial charge in [-0.15, -0.1) is 11.3 Å². The number of thiophene rings is 1. The van der Waals surface area contributed by atoms with Gasteiger partial charge in [0.05, 0.1) is 8.99 Å². The van der Waals surface area contributed by atoms with E-state index in [1.807, 2.05) is 0 Å². The Hall–Kier alpha value is -3.38. The normalized spacial score (nSPS) is 15.4. The molecule has 3 N–H and O–H groups in total. The van der Waals surface area contributed by atoms with E-state index in [-0.39, 0.29) is 45.5 Å². The SMILES string of the molecule is [2H]c1cc([2H])c2[nH]c([2H])c(C[C@H](NS(=O)(=O)c3ccc(C#Cc4ccc(C([2H])([2H])[2H])cc4)s3)C(=O)O)c2c1. The van der Waals surface area contributed by atoms with Gasteiger partial charge in [0.15, 0.2) is 0 Å². The van der Waals surface area contributed by atoms with Crippen molar-refractivity contribution in [2.45, 2.75) is 23.5 Å². The van der Waals surface area contributed by atoms with E-state index in [1.54, 1.807) is 12.1 Å². The van der Waals surface area contributed by atoms with Gasteiger partial charge in [-0.25, -0.2) is 8.42 Å². The Morgan fingerprint density at radius 1 is 1.25 bits per heavy atom. The lowest BCUT2D eigenvalue weighted by Crippen LogP contribution is -2.41. The Kier molecular flexibility index (Phi) is 4.34. The van der Waals surface area contributed by atoms with Crippen LogP contribution in [0.2, 0.25) is 0 Å². The standard InChI is InChI=1S/C24H20N2O4S2/c1-16-6-8-17(9-7-16)10-11-19-12-13-23(31-19)32(29,30)26-22(24(27)28)14-18-15-25-21-5-3-2-4-20(18)21/h2-9,12-13,15,22,25-26H,14H2,1H3,(H,27,28)/t22-/m0/s1/i1D3,2D,5D,15D. The number of carboxylic acid groups (broad SMARTS) is 1. The smallest absolute Gasteiger partial charge is 0.322 e. The number of hydrogen-bond acceptors (Lipinski definition) is 4. The molecule has 0 spiro atoms. The monoisotopic (exact) mass is 470 g/mol. The molecule has 0 aliphatic heterocycles. The average Bonchev–Trinajstić information content (AvgIpc) is 3.43. The first-order chi connectivity index (χ1) is 17.7. The van der Waals surface area contributed by atoms with Gasteiger partial charge < -0.3 is 10.1 Å². The van der Waals surface area contributed by atoms with Crippen molar-refractivity contribution >= 4 is 38.2 Å². The molecule has 1 atom stereocenters. The summed E-state index contributed by atoms with van der Waals surface area (Å²) in [6.45, 7) is -2.23. The molecular formula is C24H20N2O4S2. The van der Waals surface area contributed by atoms with E-state index < -0.39 is 28.9 Å². The van der Waals surface area contributed by atoms with Crippen LogP contribution in [-0.4, -0.2) is 30.5 Å². The third kappa shape index (κ3) is 4.92. The molecule has 8 heteroatoms. The lowest BCUT2D eigenvalue weighted by molar-refractivity contribution is -0.138. The molecule has 0 aliphatic rings. The molecule has 4 rings (SSSR count). The van der Waals surface area contributed by atoms with E-state index in [0.29, 0.717) is 15.8 Å². The minimum absolute atomic E-state index is 0.00986. The zero-order valence-corrected chi connectivity index (χ0v) is 18.0. The lowest BCUT2D eigenvalue weighted by atomic mass is 10.1. The summed E-state index contributed by atoms with van der Waals surface area (Å²) in [6, 6.07) is 9.83. The van der Waals surface area contributed by atoms with Crippen LogP contribution in [0.1, 0.15) is 29.8 Å². The van der Waals surface area contributed by atoms with Crippen molar-refractivity contribution in [3.63, 3.8) is 0 Å². The first kappa shape index (κ1) is 15.4. The van der Waals surface area contributed by atoms with Gasteiger partial charge >= 0.3 is 5.97 Å². The zero-order chi connectivity index (χ0) is 27.8. The number of carbonyl (C=O) groups is 1. The minimum atomic E-state index is -4.26. The number of para-hydroxylation sites is 1. The van der Waals surface area contributed by atoms with E-state index >= 15 is 0 Å². The highest BCUT2D eigenvalue weighted by atomic mass is 32.2. The van der Waals surface area contributed by atoms with Crippen LogP contribution in [-0.2, 0) is 21.2 Å². The Morgan fingerprint density at radius 2 is 2.06 bits per heavy atom. The largest absolute Gasteiger partial charge is 0.480 e. The van der Waals surface area contributed by atoms with Gasteiger partial charge in [-0.3, -0.25) is 4.79 Å². The van der Waals surface area contributed by atoms with E-state index in [4.69, 9.17) is 8.22 Å². The van der Waals surface area contributed by atoms with Crippen LogP contribution >= 0.6 is 11.3 Å². The Bertz CT molecular complexity index is 1700. The predicted molar refractivity (Wildman–Crippen MR) is 125 cm³/mol. The molecule has 6 nitrogen and oxygen atoms in total. The topological polar surface area (TPSA) is 99.3 Å². The van der Waals surface area contributed by atoms with Crippen LogP contribution < -0.4 is 4.72 Å². The van der Waals surface area contributed by atoms with Gasteiger partial charge in [-0.05, 0) is 42.7 Å². The van der Waals surface area contributed by atoms with Crippen molar-refractivity contribution in [1.29, 1.82) is 0 Å². The molecule has 162 valence electrons. The van der Waals surface area contributed by atoms with E-state index in [9.17, 15) is 18.3 Å². The van der Waals surface area contributed by atoms with Gasteiger partial charge in [0.2, 0.25) is 0 Å². The van der Waals surface area contributed by atoms with Crippen LogP contribution in [0.4, 0.5) is 0 Å². The van der Waals surface area contributed by atoms with Crippen LogP contribution in [0.25, 0.3) is 10.9 Å². The number of fused-ring (bicyclic) bond motifs is 1. The van der Waals surface area contributed by atoms with Crippen molar-refractivity contribution in [2.24, 2.45) is 0 Å². The molecule has 0 saturated heterocycles. The quantitative estimate of drug-likeness (QED) is 0.372. The fourth-order valence-electron chi connectivity index (χ4n) is 2.94. The van der Waals surface area contributed by atoms with Crippen LogP contribution in [0, 0.1) is 18.7 Å². The lowest BCUT2D eigenvalue weighted by Gasteiger charge is -2.13. The van der Waals surface area contributed by atoms with Crippen molar-refractivity contribution in [3.8, 4) is 11.8 Å². The molecule has 0 saturated carbocycles.